The summed E-state index contributed by atoms with van der Waals surface area (Å²) in [5, 5.41) is 0. The van der Waals surface area contributed by atoms with E-state index >= 15 is 0 Å². The summed E-state index contributed by atoms with van der Waals surface area (Å²) in [4.78, 5) is 2.54. The molecule has 0 amide bonds. The molecular formula is C15H22N2. The first-order chi connectivity index (χ1) is 8.21. The summed E-state index contributed by atoms with van der Waals surface area (Å²) in [6.45, 7) is 5.60. The van der Waals surface area contributed by atoms with Crippen LogP contribution in [0.1, 0.15) is 30.9 Å². The third-order valence-electron chi connectivity index (χ3n) is 4.50. The van der Waals surface area contributed by atoms with Crippen molar-refractivity contribution in [1.82, 2.24) is 4.90 Å². The molecule has 1 aliphatic heterocycles. The highest BCUT2D eigenvalue weighted by atomic mass is 15.2. The maximum absolute atomic E-state index is 6.41. The summed E-state index contributed by atoms with van der Waals surface area (Å²) in [6, 6.07) is 8.81. The van der Waals surface area contributed by atoms with Crippen molar-refractivity contribution in [2.75, 3.05) is 13.1 Å². The zero-order valence-corrected chi connectivity index (χ0v) is 10.7. The van der Waals surface area contributed by atoms with Gasteiger partial charge in [-0.25, -0.2) is 0 Å². The van der Waals surface area contributed by atoms with Crippen LogP contribution in [0.3, 0.4) is 0 Å². The molecule has 1 aromatic carbocycles. The van der Waals surface area contributed by atoms with Crippen LogP contribution >= 0.6 is 0 Å². The average molecular weight is 230 g/mol. The van der Waals surface area contributed by atoms with Crippen molar-refractivity contribution in [1.29, 1.82) is 0 Å². The Balaban J connectivity index is 1.65. The molecule has 1 fully saturated rings. The number of nitrogens with two attached hydrogens (primary N) is 1. The molecule has 2 nitrogen and oxygen atoms in total. The first-order valence-corrected chi connectivity index (χ1v) is 6.79. The SMILES string of the molecule is CCC1CC1(N)CN1CCc2ccccc2C1. The quantitative estimate of drug-likeness (QED) is 0.862. The van der Waals surface area contributed by atoms with Crippen LogP contribution in [0.25, 0.3) is 0 Å². The zero-order valence-electron chi connectivity index (χ0n) is 10.7. The highest BCUT2D eigenvalue weighted by molar-refractivity contribution is 5.29. The van der Waals surface area contributed by atoms with Crippen LogP contribution in [-0.4, -0.2) is 23.5 Å². The molecular weight excluding hydrogens is 208 g/mol. The van der Waals surface area contributed by atoms with Gasteiger partial charge in [-0.1, -0.05) is 37.6 Å². The van der Waals surface area contributed by atoms with Gasteiger partial charge in [-0.2, -0.15) is 0 Å². The van der Waals surface area contributed by atoms with Crippen molar-refractivity contribution < 1.29 is 0 Å². The Morgan fingerprint density at radius 3 is 2.82 bits per heavy atom. The van der Waals surface area contributed by atoms with Crippen molar-refractivity contribution in [3.63, 3.8) is 0 Å². The Labute approximate surface area is 104 Å². The summed E-state index contributed by atoms with van der Waals surface area (Å²) < 4.78 is 0. The fraction of sp³-hybridized carbons (Fsp3) is 0.600. The predicted octanol–water partition coefficient (Wildman–Crippen LogP) is 2.17. The van der Waals surface area contributed by atoms with Crippen molar-refractivity contribution in [3.8, 4) is 0 Å². The number of benzene rings is 1. The minimum atomic E-state index is 0.126. The normalized spacial score (nSPS) is 32.2. The number of rotatable bonds is 3. The molecule has 0 bridgehead atoms. The van der Waals surface area contributed by atoms with E-state index in [0.29, 0.717) is 0 Å². The zero-order chi connectivity index (χ0) is 11.9. The number of fused-ring (bicyclic) bond motifs is 1. The van der Waals surface area contributed by atoms with Gasteiger partial charge in [0.25, 0.3) is 0 Å². The first-order valence-electron chi connectivity index (χ1n) is 6.79. The van der Waals surface area contributed by atoms with Crippen molar-refractivity contribution in [3.05, 3.63) is 35.4 Å². The summed E-state index contributed by atoms with van der Waals surface area (Å²) in [5.74, 6) is 0.764. The van der Waals surface area contributed by atoms with Crippen LogP contribution in [0.15, 0.2) is 24.3 Å². The number of hydrogen-bond donors (Lipinski definition) is 1. The van der Waals surface area contributed by atoms with Crippen LogP contribution in [0.2, 0.25) is 0 Å². The van der Waals surface area contributed by atoms with Gasteiger partial charge in [0.05, 0.1) is 0 Å². The Hall–Kier alpha value is -0.860. The van der Waals surface area contributed by atoms with E-state index < -0.39 is 0 Å². The van der Waals surface area contributed by atoms with Gasteiger partial charge in [0.2, 0.25) is 0 Å². The molecule has 1 aliphatic carbocycles. The van der Waals surface area contributed by atoms with Gasteiger partial charge in [-0.15, -0.1) is 0 Å². The topological polar surface area (TPSA) is 29.3 Å². The molecule has 2 N–H and O–H groups in total. The smallest absolute Gasteiger partial charge is 0.0316 e. The van der Waals surface area contributed by atoms with E-state index in [0.717, 1.165) is 19.0 Å². The summed E-state index contributed by atoms with van der Waals surface area (Å²) in [7, 11) is 0. The molecule has 1 aromatic rings. The largest absolute Gasteiger partial charge is 0.324 e. The number of hydrogen-bond acceptors (Lipinski definition) is 2. The molecule has 2 aliphatic rings. The lowest BCUT2D eigenvalue weighted by molar-refractivity contribution is 0.226. The molecule has 0 saturated heterocycles. The second-order valence-electron chi connectivity index (χ2n) is 5.77. The Morgan fingerprint density at radius 2 is 2.12 bits per heavy atom. The maximum atomic E-state index is 6.41. The van der Waals surface area contributed by atoms with Crippen molar-refractivity contribution in [2.45, 2.75) is 38.3 Å². The van der Waals surface area contributed by atoms with E-state index in [9.17, 15) is 0 Å². The molecule has 1 heterocycles. The fourth-order valence-corrected chi connectivity index (χ4v) is 3.25. The van der Waals surface area contributed by atoms with Gasteiger partial charge in [-0.05, 0) is 29.9 Å². The molecule has 2 unspecified atom stereocenters. The minimum Gasteiger partial charge on any atom is -0.324 e. The third kappa shape index (κ3) is 2.12. The van der Waals surface area contributed by atoms with E-state index in [-0.39, 0.29) is 5.54 Å². The number of nitrogens with zero attached hydrogens (tertiary/aromatic N) is 1. The maximum Gasteiger partial charge on any atom is 0.0316 e. The van der Waals surface area contributed by atoms with Crippen LogP contribution in [0.4, 0.5) is 0 Å². The summed E-state index contributed by atoms with van der Waals surface area (Å²) >= 11 is 0. The van der Waals surface area contributed by atoms with Crippen molar-refractivity contribution >= 4 is 0 Å². The lowest BCUT2D eigenvalue weighted by Gasteiger charge is -2.31. The second kappa shape index (κ2) is 4.11. The molecule has 1 saturated carbocycles. The van der Waals surface area contributed by atoms with E-state index in [4.69, 9.17) is 5.73 Å². The highest BCUT2D eigenvalue weighted by Gasteiger charge is 2.50. The lowest BCUT2D eigenvalue weighted by atomic mass is 9.99. The lowest BCUT2D eigenvalue weighted by Crippen LogP contribution is -2.43. The third-order valence-corrected chi connectivity index (χ3v) is 4.50. The van der Waals surface area contributed by atoms with Gasteiger partial charge in [0, 0.05) is 25.2 Å². The average Bonchev–Trinajstić information content (AvgIpc) is 3.00. The Morgan fingerprint density at radius 1 is 1.35 bits per heavy atom. The van der Waals surface area contributed by atoms with Crippen LogP contribution in [0, 0.1) is 5.92 Å². The van der Waals surface area contributed by atoms with Crippen LogP contribution in [0.5, 0.6) is 0 Å². The van der Waals surface area contributed by atoms with E-state index in [1.165, 1.54) is 36.9 Å². The van der Waals surface area contributed by atoms with E-state index in [1.54, 1.807) is 0 Å². The molecule has 2 atom stereocenters. The highest BCUT2D eigenvalue weighted by Crippen LogP contribution is 2.44. The first kappa shape index (κ1) is 11.2. The molecule has 92 valence electrons. The monoisotopic (exact) mass is 230 g/mol. The Bertz CT molecular complexity index is 415. The van der Waals surface area contributed by atoms with Gasteiger partial charge >= 0.3 is 0 Å². The van der Waals surface area contributed by atoms with Crippen molar-refractivity contribution in [2.24, 2.45) is 11.7 Å². The fourth-order valence-electron chi connectivity index (χ4n) is 3.25. The van der Waals surface area contributed by atoms with Gasteiger partial charge in [0.1, 0.15) is 0 Å². The van der Waals surface area contributed by atoms with E-state index in [2.05, 4.69) is 36.1 Å². The molecule has 0 aromatic heterocycles. The van der Waals surface area contributed by atoms with Gasteiger partial charge in [-0.3, -0.25) is 4.90 Å². The van der Waals surface area contributed by atoms with Gasteiger partial charge < -0.3 is 5.73 Å². The van der Waals surface area contributed by atoms with E-state index in [1.807, 2.05) is 0 Å². The Kier molecular flexibility index (Phi) is 2.72. The predicted molar refractivity (Wildman–Crippen MR) is 70.7 cm³/mol. The minimum absolute atomic E-state index is 0.126. The molecule has 17 heavy (non-hydrogen) atoms. The summed E-state index contributed by atoms with van der Waals surface area (Å²) in [6.07, 6.45) is 3.64. The molecule has 2 heteroatoms. The summed E-state index contributed by atoms with van der Waals surface area (Å²) in [5.41, 5.74) is 9.56. The standard InChI is InChI=1S/C15H22N2/c1-2-14-9-15(14,16)11-17-8-7-12-5-3-4-6-13(12)10-17/h3-6,14H,2,7-11,16H2,1H3. The molecule has 0 radical (unpaired) electrons. The molecule has 3 rings (SSSR count). The molecule has 0 spiro atoms. The van der Waals surface area contributed by atoms with Crippen LogP contribution < -0.4 is 5.73 Å². The second-order valence-corrected chi connectivity index (χ2v) is 5.77. The van der Waals surface area contributed by atoms with Gasteiger partial charge in [0.15, 0.2) is 0 Å². The van der Waals surface area contributed by atoms with Crippen LogP contribution in [-0.2, 0) is 13.0 Å².